The highest BCUT2D eigenvalue weighted by Gasteiger charge is 2.36. The van der Waals surface area contributed by atoms with Crippen LogP contribution < -0.4 is 10.2 Å². The first-order valence-electron chi connectivity index (χ1n) is 6.37. The Bertz CT molecular complexity index is 441. The van der Waals surface area contributed by atoms with Gasteiger partial charge in [-0.1, -0.05) is 0 Å². The van der Waals surface area contributed by atoms with Gasteiger partial charge in [0.1, 0.15) is 0 Å². The third-order valence-corrected chi connectivity index (χ3v) is 3.84. The smallest absolute Gasteiger partial charge is 0.337 e. The van der Waals surface area contributed by atoms with Crippen LogP contribution in [0.25, 0.3) is 0 Å². The fraction of sp³-hybridized carbons (Fsp3) is 0.500. The van der Waals surface area contributed by atoms with Gasteiger partial charge in [-0.15, -0.1) is 0 Å². The number of likely N-dealkylation sites (N-methyl/N-ethyl adjacent to an activating group) is 1. The monoisotopic (exact) mass is 264 g/mol. The highest BCUT2D eigenvalue weighted by atomic mass is 16.5. The van der Waals surface area contributed by atoms with Gasteiger partial charge in [-0.3, -0.25) is 0 Å². The second-order valence-corrected chi connectivity index (χ2v) is 4.90. The predicted octanol–water partition coefficient (Wildman–Crippen LogP) is 0.634. The molecule has 0 radical (unpaired) electrons. The third-order valence-electron chi connectivity index (χ3n) is 3.84. The fourth-order valence-electron chi connectivity index (χ4n) is 2.43. The average Bonchev–Trinajstić information content (AvgIpc) is 2.92. The summed E-state index contributed by atoms with van der Waals surface area (Å²) in [6.07, 6.45) is 0.902. The summed E-state index contributed by atoms with van der Waals surface area (Å²) in [4.78, 5) is 13.6. The fourth-order valence-corrected chi connectivity index (χ4v) is 2.43. The summed E-state index contributed by atoms with van der Waals surface area (Å²) in [6, 6.07) is 7.35. The Hall–Kier alpha value is -1.59. The molecule has 104 valence electrons. The SMILES string of the molecule is CNC1(CO)CCN(c2ccc(C(=O)OC)cc2)C1. The number of aliphatic hydroxyl groups is 1. The Morgan fingerprint density at radius 3 is 2.63 bits per heavy atom. The standard InChI is InChI=1S/C14H20N2O3/c1-15-14(10-17)7-8-16(9-14)12-5-3-11(4-6-12)13(18)19-2/h3-6,15,17H,7-10H2,1-2H3. The molecule has 1 aromatic carbocycles. The van der Waals surface area contributed by atoms with Crippen LogP contribution in [-0.4, -0.2) is 50.5 Å². The van der Waals surface area contributed by atoms with Crippen LogP contribution in [0.1, 0.15) is 16.8 Å². The first kappa shape index (κ1) is 13.8. The largest absolute Gasteiger partial charge is 0.465 e. The van der Waals surface area contributed by atoms with Crippen LogP contribution in [0, 0.1) is 0 Å². The summed E-state index contributed by atoms with van der Waals surface area (Å²) in [5, 5.41) is 12.7. The quantitative estimate of drug-likeness (QED) is 0.781. The highest BCUT2D eigenvalue weighted by molar-refractivity contribution is 5.89. The molecule has 19 heavy (non-hydrogen) atoms. The van der Waals surface area contributed by atoms with E-state index in [4.69, 9.17) is 0 Å². The van der Waals surface area contributed by atoms with Crippen molar-refractivity contribution in [3.8, 4) is 0 Å². The van der Waals surface area contributed by atoms with Crippen LogP contribution in [0.15, 0.2) is 24.3 Å². The second kappa shape index (κ2) is 5.59. The van der Waals surface area contributed by atoms with Crippen LogP contribution in [0.4, 0.5) is 5.69 Å². The molecule has 5 nitrogen and oxygen atoms in total. The maximum absolute atomic E-state index is 11.4. The van der Waals surface area contributed by atoms with Gasteiger partial charge in [0, 0.05) is 18.8 Å². The summed E-state index contributed by atoms with van der Waals surface area (Å²) in [5.74, 6) is -0.326. The molecule has 0 saturated carbocycles. The number of rotatable bonds is 4. The predicted molar refractivity (Wildman–Crippen MR) is 73.5 cm³/mol. The number of ether oxygens (including phenoxy) is 1. The van der Waals surface area contributed by atoms with E-state index in [-0.39, 0.29) is 18.1 Å². The van der Waals surface area contributed by atoms with Gasteiger partial charge < -0.3 is 20.1 Å². The number of nitrogens with one attached hydrogen (secondary N) is 1. The molecule has 1 aromatic rings. The minimum atomic E-state index is -0.326. The molecular formula is C14H20N2O3. The second-order valence-electron chi connectivity index (χ2n) is 4.90. The van der Waals surface area contributed by atoms with E-state index in [1.807, 2.05) is 19.2 Å². The molecule has 1 aliphatic heterocycles. The number of aliphatic hydroxyl groups excluding tert-OH is 1. The van der Waals surface area contributed by atoms with Gasteiger partial charge in [0.15, 0.2) is 0 Å². The van der Waals surface area contributed by atoms with Crippen molar-refractivity contribution in [2.24, 2.45) is 0 Å². The van der Waals surface area contributed by atoms with Gasteiger partial charge in [0.05, 0.1) is 24.8 Å². The van der Waals surface area contributed by atoms with Crippen LogP contribution in [0.2, 0.25) is 0 Å². The minimum absolute atomic E-state index is 0.125. The van der Waals surface area contributed by atoms with E-state index in [1.54, 1.807) is 12.1 Å². The highest BCUT2D eigenvalue weighted by Crippen LogP contribution is 2.26. The van der Waals surface area contributed by atoms with Crippen molar-refractivity contribution in [1.82, 2.24) is 5.32 Å². The topological polar surface area (TPSA) is 61.8 Å². The molecule has 0 aromatic heterocycles. The molecule has 0 bridgehead atoms. The Balaban J connectivity index is 2.10. The van der Waals surface area contributed by atoms with E-state index in [9.17, 15) is 9.90 Å². The summed E-state index contributed by atoms with van der Waals surface area (Å²) in [7, 11) is 3.25. The Kier molecular flexibility index (Phi) is 4.07. The zero-order valence-electron chi connectivity index (χ0n) is 11.3. The zero-order chi connectivity index (χ0) is 13.9. The van der Waals surface area contributed by atoms with Crippen molar-refractivity contribution in [3.05, 3.63) is 29.8 Å². The average molecular weight is 264 g/mol. The first-order chi connectivity index (χ1) is 9.14. The summed E-state index contributed by atoms with van der Waals surface area (Å²) >= 11 is 0. The number of benzene rings is 1. The van der Waals surface area contributed by atoms with Gasteiger partial charge in [-0.05, 0) is 37.7 Å². The molecule has 1 aliphatic rings. The molecule has 2 N–H and O–H groups in total. The Labute approximate surface area is 113 Å². The molecule has 1 atom stereocenters. The van der Waals surface area contributed by atoms with Gasteiger partial charge in [-0.2, -0.15) is 0 Å². The minimum Gasteiger partial charge on any atom is -0.465 e. The molecule has 1 unspecified atom stereocenters. The molecule has 0 aliphatic carbocycles. The van der Waals surface area contributed by atoms with Gasteiger partial charge in [0.2, 0.25) is 0 Å². The maximum Gasteiger partial charge on any atom is 0.337 e. The lowest BCUT2D eigenvalue weighted by Crippen LogP contribution is -2.48. The van der Waals surface area contributed by atoms with Crippen LogP contribution >= 0.6 is 0 Å². The van der Waals surface area contributed by atoms with Crippen molar-refractivity contribution in [3.63, 3.8) is 0 Å². The van der Waals surface area contributed by atoms with E-state index in [2.05, 4.69) is 15.0 Å². The van der Waals surface area contributed by atoms with Crippen LogP contribution in [-0.2, 0) is 4.74 Å². The number of carbonyl (C=O) groups is 1. The number of carbonyl (C=O) groups excluding carboxylic acids is 1. The molecule has 1 heterocycles. The number of anilines is 1. The van der Waals surface area contributed by atoms with Gasteiger partial charge >= 0.3 is 5.97 Å². The number of methoxy groups -OCH3 is 1. The lowest BCUT2D eigenvalue weighted by atomic mass is 10.0. The molecule has 0 spiro atoms. The van der Waals surface area contributed by atoms with Crippen LogP contribution in [0.5, 0.6) is 0 Å². The number of hydrogen-bond donors (Lipinski definition) is 2. The number of nitrogens with zero attached hydrogens (tertiary/aromatic N) is 1. The molecule has 1 fully saturated rings. The summed E-state index contributed by atoms with van der Waals surface area (Å²) in [6.45, 7) is 1.77. The van der Waals surface area contributed by atoms with E-state index < -0.39 is 0 Å². The van der Waals surface area contributed by atoms with Crippen molar-refractivity contribution in [2.75, 3.05) is 38.8 Å². The summed E-state index contributed by atoms with van der Waals surface area (Å²) < 4.78 is 4.67. The maximum atomic E-state index is 11.4. The van der Waals surface area contributed by atoms with Crippen molar-refractivity contribution < 1.29 is 14.6 Å². The lowest BCUT2D eigenvalue weighted by molar-refractivity contribution is 0.0601. The van der Waals surface area contributed by atoms with E-state index in [1.165, 1.54) is 7.11 Å². The van der Waals surface area contributed by atoms with Crippen molar-refractivity contribution in [1.29, 1.82) is 0 Å². The van der Waals surface area contributed by atoms with E-state index >= 15 is 0 Å². The number of hydrogen-bond acceptors (Lipinski definition) is 5. The van der Waals surface area contributed by atoms with Gasteiger partial charge in [-0.25, -0.2) is 4.79 Å². The van der Waals surface area contributed by atoms with E-state index in [0.717, 1.165) is 25.2 Å². The van der Waals surface area contributed by atoms with Crippen molar-refractivity contribution >= 4 is 11.7 Å². The molecule has 2 rings (SSSR count). The molecule has 1 saturated heterocycles. The normalized spacial score (nSPS) is 22.6. The Morgan fingerprint density at radius 2 is 2.16 bits per heavy atom. The van der Waals surface area contributed by atoms with Crippen molar-refractivity contribution in [2.45, 2.75) is 12.0 Å². The molecule has 0 amide bonds. The third kappa shape index (κ3) is 2.72. The number of esters is 1. The van der Waals surface area contributed by atoms with Gasteiger partial charge in [0.25, 0.3) is 0 Å². The van der Waals surface area contributed by atoms with Crippen LogP contribution in [0.3, 0.4) is 0 Å². The summed E-state index contributed by atoms with van der Waals surface area (Å²) in [5.41, 5.74) is 1.38. The lowest BCUT2D eigenvalue weighted by Gasteiger charge is -2.27. The molecular weight excluding hydrogens is 244 g/mol. The Morgan fingerprint density at radius 1 is 1.47 bits per heavy atom. The van der Waals surface area contributed by atoms with E-state index in [0.29, 0.717) is 5.56 Å². The molecule has 5 heteroatoms. The zero-order valence-corrected chi connectivity index (χ0v) is 11.3. The first-order valence-corrected chi connectivity index (χ1v) is 6.37.